The summed E-state index contributed by atoms with van der Waals surface area (Å²) >= 11 is 5.41. The standard InChI is InChI=1S/C14H18BrN3S/c1-2-11-6-12-13(16-9-17-14(12)19-11)18-5-3-4-10(7-15)8-18/h6,9-10H,2-5,7-8H2,1H3. The molecule has 1 aliphatic rings. The Morgan fingerprint density at radius 1 is 1.47 bits per heavy atom. The average molecular weight is 340 g/mol. The van der Waals surface area contributed by atoms with Crippen LogP contribution >= 0.6 is 27.3 Å². The van der Waals surface area contributed by atoms with Crippen molar-refractivity contribution in [1.82, 2.24) is 9.97 Å². The average Bonchev–Trinajstić information content (AvgIpc) is 2.90. The molecule has 19 heavy (non-hydrogen) atoms. The van der Waals surface area contributed by atoms with Crippen molar-refractivity contribution < 1.29 is 0 Å². The highest BCUT2D eigenvalue weighted by Gasteiger charge is 2.22. The lowest BCUT2D eigenvalue weighted by atomic mass is 10.00. The molecule has 0 radical (unpaired) electrons. The van der Waals surface area contributed by atoms with E-state index in [1.165, 1.54) is 23.1 Å². The van der Waals surface area contributed by atoms with E-state index in [4.69, 9.17) is 0 Å². The highest BCUT2D eigenvalue weighted by Crippen LogP contribution is 2.32. The zero-order valence-electron chi connectivity index (χ0n) is 11.1. The van der Waals surface area contributed by atoms with E-state index in [2.05, 4.69) is 43.8 Å². The van der Waals surface area contributed by atoms with Gasteiger partial charge in [0.1, 0.15) is 17.0 Å². The minimum atomic E-state index is 0.739. The fraction of sp³-hybridized carbons (Fsp3) is 0.571. The van der Waals surface area contributed by atoms with Crippen LogP contribution in [0.4, 0.5) is 5.82 Å². The van der Waals surface area contributed by atoms with Crippen LogP contribution in [0.2, 0.25) is 0 Å². The van der Waals surface area contributed by atoms with Crippen LogP contribution in [-0.2, 0) is 6.42 Å². The molecule has 1 unspecified atom stereocenters. The van der Waals surface area contributed by atoms with E-state index in [1.54, 1.807) is 17.7 Å². The predicted octanol–water partition coefficient (Wildman–Crippen LogP) is 3.87. The van der Waals surface area contributed by atoms with Gasteiger partial charge in [-0.05, 0) is 31.2 Å². The number of hydrogen-bond donors (Lipinski definition) is 0. The van der Waals surface area contributed by atoms with E-state index in [-0.39, 0.29) is 0 Å². The highest BCUT2D eigenvalue weighted by atomic mass is 79.9. The summed E-state index contributed by atoms with van der Waals surface area (Å²) in [6.07, 6.45) is 5.36. The van der Waals surface area contributed by atoms with Gasteiger partial charge in [-0.25, -0.2) is 9.97 Å². The Morgan fingerprint density at radius 2 is 2.37 bits per heavy atom. The zero-order chi connectivity index (χ0) is 13.2. The fourth-order valence-electron chi connectivity index (χ4n) is 2.70. The number of anilines is 1. The maximum absolute atomic E-state index is 4.55. The Kier molecular flexibility index (Phi) is 4.03. The van der Waals surface area contributed by atoms with Gasteiger partial charge in [-0.3, -0.25) is 0 Å². The summed E-state index contributed by atoms with van der Waals surface area (Å²) in [6, 6.07) is 2.27. The minimum absolute atomic E-state index is 0.739. The topological polar surface area (TPSA) is 29.0 Å². The third-order valence-electron chi connectivity index (χ3n) is 3.74. The fourth-order valence-corrected chi connectivity index (χ4v) is 4.16. The minimum Gasteiger partial charge on any atom is -0.356 e. The second-order valence-corrected chi connectivity index (χ2v) is 6.85. The van der Waals surface area contributed by atoms with E-state index < -0.39 is 0 Å². The summed E-state index contributed by atoms with van der Waals surface area (Å²) in [5.41, 5.74) is 0. The first kappa shape index (κ1) is 13.3. The first-order valence-corrected chi connectivity index (χ1v) is 8.80. The number of aromatic nitrogens is 2. The van der Waals surface area contributed by atoms with Crippen molar-refractivity contribution in [1.29, 1.82) is 0 Å². The summed E-state index contributed by atoms with van der Waals surface area (Å²) in [7, 11) is 0. The van der Waals surface area contributed by atoms with Crippen LogP contribution in [0.25, 0.3) is 10.2 Å². The van der Waals surface area contributed by atoms with Crippen molar-refractivity contribution in [2.45, 2.75) is 26.2 Å². The highest BCUT2D eigenvalue weighted by molar-refractivity contribution is 9.09. The molecule has 1 fully saturated rings. The van der Waals surface area contributed by atoms with Crippen molar-refractivity contribution >= 4 is 43.3 Å². The van der Waals surface area contributed by atoms with Crippen LogP contribution in [0.5, 0.6) is 0 Å². The van der Waals surface area contributed by atoms with Gasteiger partial charge in [0, 0.05) is 23.3 Å². The van der Waals surface area contributed by atoms with E-state index >= 15 is 0 Å². The normalized spacial score (nSPS) is 20.1. The summed E-state index contributed by atoms with van der Waals surface area (Å²) in [5, 5.41) is 2.32. The summed E-state index contributed by atoms with van der Waals surface area (Å²) < 4.78 is 0. The molecule has 3 heterocycles. The Balaban J connectivity index is 1.97. The number of fused-ring (bicyclic) bond motifs is 1. The lowest BCUT2D eigenvalue weighted by Gasteiger charge is -2.33. The maximum atomic E-state index is 4.55. The van der Waals surface area contributed by atoms with Gasteiger partial charge in [-0.1, -0.05) is 22.9 Å². The Morgan fingerprint density at radius 3 is 3.16 bits per heavy atom. The molecule has 3 rings (SSSR count). The molecule has 5 heteroatoms. The third kappa shape index (κ3) is 2.63. The van der Waals surface area contributed by atoms with Crippen LogP contribution in [0.1, 0.15) is 24.6 Å². The summed E-state index contributed by atoms with van der Waals surface area (Å²) in [6.45, 7) is 4.42. The summed E-state index contributed by atoms with van der Waals surface area (Å²) in [4.78, 5) is 13.9. The molecule has 102 valence electrons. The van der Waals surface area contributed by atoms with E-state index in [0.29, 0.717) is 0 Å². The van der Waals surface area contributed by atoms with Gasteiger partial charge in [0.05, 0.1) is 5.39 Å². The predicted molar refractivity (Wildman–Crippen MR) is 85.5 cm³/mol. The molecule has 3 nitrogen and oxygen atoms in total. The molecule has 0 N–H and O–H groups in total. The molecular formula is C14H18BrN3S. The second-order valence-electron chi connectivity index (χ2n) is 5.09. The number of thiophene rings is 1. The van der Waals surface area contributed by atoms with Crippen molar-refractivity contribution in [2.75, 3.05) is 23.3 Å². The number of aryl methyl sites for hydroxylation is 1. The number of rotatable bonds is 3. The SMILES string of the molecule is CCc1cc2c(N3CCCC(CBr)C3)ncnc2s1. The van der Waals surface area contributed by atoms with Crippen LogP contribution in [0.3, 0.4) is 0 Å². The number of piperidine rings is 1. The number of hydrogen-bond acceptors (Lipinski definition) is 4. The molecule has 0 amide bonds. The van der Waals surface area contributed by atoms with Gasteiger partial charge in [0.15, 0.2) is 0 Å². The van der Waals surface area contributed by atoms with Crippen LogP contribution in [-0.4, -0.2) is 28.4 Å². The second kappa shape index (κ2) is 5.75. The van der Waals surface area contributed by atoms with E-state index in [1.807, 2.05) is 0 Å². The van der Waals surface area contributed by atoms with Gasteiger partial charge in [-0.15, -0.1) is 11.3 Å². The Hall–Kier alpha value is -0.680. The van der Waals surface area contributed by atoms with Crippen LogP contribution < -0.4 is 4.90 Å². The smallest absolute Gasteiger partial charge is 0.140 e. The third-order valence-corrected chi connectivity index (χ3v) is 5.85. The molecular weight excluding hydrogens is 322 g/mol. The van der Waals surface area contributed by atoms with Gasteiger partial charge in [0.25, 0.3) is 0 Å². The van der Waals surface area contributed by atoms with Gasteiger partial charge < -0.3 is 4.90 Å². The molecule has 2 aromatic rings. The molecule has 0 bridgehead atoms. The van der Waals surface area contributed by atoms with Crippen LogP contribution in [0.15, 0.2) is 12.4 Å². The number of alkyl halides is 1. The monoisotopic (exact) mass is 339 g/mol. The van der Waals surface area contributed by atoms with E-state index in [0.717, 1.165) is 41.4 Å². The molecule has 0 spiro atoms. The quantitative estimate of drug-likeness (QED) is 0.795. The van der Waals surface area contributed by atoms with Crippen LogP contribution in [0, 0.1) is 5.92 Å². The largest absolute Gasteiger partial charge is 0.356 e. The molecule has 1 aliphatic heterocycles. The first-order chi connectivity index (χ1) is 9.31. The van der Waals surface area contributed by atoms with Gasteiger partial charge >= 0.3 is 0 Å². The van der Waals surface area contributed by atoms with Crippen molar-refractivity contribution in [3.8, 4) is 0 Å². The zero-order valence-corrected chi connectivity index (χ0v) is 13.5. The molecule has 0 aliphatic carbocycles. The Bertz CT molecular complexity index is 569. The van der Waals surface area contributed by atoms with E-state index in [9.17, 15) is 0 Å². The number of halogens is 1. The molecule has 2 aromatic heterocycles. The molecule has 1 atom stereocenters. The molecule has 0 saturated carbocycles. The Labute approximate surface area is 126 Å². The van der Waals surface area contributed by atoms with Gasteiger partial charge in [-0.2, -0.15) is 0 Å². The van der Waals surface area contributed by atoms with Crippen molar-refractivity contribution in [3.63, 3.8) is 0 Å². The first-order valence-electron chi connectivity index (χ1n) is 6.86. The van der Waals surface area contributed by atoms with Crippen molar-refractivity contribution in [3.05, 3.63) is 17.3 Å². The molecule has 0 aromatic carbocycles. The maximum Gasteiger partial charge on any atom is 0.140 e. The summed E-state index contributed by atoms with van der Waals surface area (Å²) in [5.74, 6) is 1.87. The lowest BCUT2D eigenvalue weighted by Crippen LogP contribution is -2.36. The van der Waals surface area contributed by atoms with Crippen molar-refractivity contribution in [2.24, 2.45) is 5.92 Å². The molecule has 1 saturated heterocycles. The van der Waals surface area contributed by atoms with Gasteiger partial charge in [0.2, 0.25) is 0 Å². The number of nitrogens with zero attached hydrogens (tertiary/aromatic N) is 3. The lowest BCUT2D eigenvalue weighted by molar-refractivity contribution is 0.453.